The molecule has 0 saturated heterocycles. The molecular weight excluding hydrogens is 862 g/mol. The van der Waals surface area contributed by atoms with E-state index < -0.39 is 44.7 Å². The second kappa shape index (κ2) is 33.8. The molecule has 2 rings (SSSR count). The number of hydrogen-bond donors (Lipinski definition) is 3. The predicted octanol–water partition coefficient (Wildman–Crippen LogP) is 10.9. The van der Waals surface area contributed by atoms with E-state index in [4.69, 9.17) is 22.9 Å². The average molecular weight is 953 g/mol. The number of unbranched alkanes of at least 4 members (excludes halogenated alkanes) is 14. The minimum atomic E-state index is -4.46. The van der Waals surface area contributed by atoms with Crippen molar-refractivity contribution < 1.29 is 61.5 Å². The number of ketones is 1. The SMILES string of the molecule is CCCCCc1oc(CCCCCCCCCCCCC(=O)O[C@H](COC(=O)CCC/C=C\C[C@H]2C(=O)C[C@@H](O)[C@@H]2/C=C/[C@@H](O)CCCCC)COP(=O)(O)OCC[N+](C)(C)C)c(C)c1C. The van der Waals surface area contributed by atoms with Gasteiger partial charge in [0.15, 0.2) is 6.10 Å². The zero-order valence-corrected chi connectivity index (χ0v) is 43.0. The Balaban J connectivity index is 1.71. The fraction of sp³-hybridized carbons (Fsp3) is 0.788. The highest BCUT2D eigenvalue weighted by atomic mass is 31.2. The van der Waals surface area contributed by atoms with Gasteiger partial charge in [0.2, 0.25) is 0 Å². The summed E-state index contributed by atoms with van der Waals surface area (Å²) in [7, 11) is 1.31. The molecule has 0 aliphatic heterocycles. The van der Waals surface area contributed by atoms with Crippen LogP contribution in [0, 0.1) is 25.7 Å². The number of allylic oxidation sites excluding steroid dienone is 2. The monoisotopic (exact) mass is 953 g/mol. The topological polar surface area (TPSA) is 179 Å². The molecule has 1 saturated carbocycles. The number of rotatable bonds is 39. The van der Waals surface area contributed by atoms with E-state index in [-0.39, 0.29) is 50.1 Å². The molecule has 380 valence electrons. The third kappa shape index (κ3) is 26.8. The molecular formula is C52H91NO12P+. The van der Waals surface area contributed by atoms with Crippen molar-refractivity contribution in [3.8, 4) is 0 Å². The molecule has 1 aliphatic carbocycles. The normalized spacial score (nSPS) is 18.6. The van der Waals surface area contributed by atoms with E-state index in [2.05, 4.69) is 27.7 Å². The van der Waals surface area contributed by atoms with Crippen LogP contribution >= 0.6 is 7.82 Å². The first-order chi connectivity index (χ1) is 31.5. The second-order valence-corrected chi connectivity index (χ2v) is 21.0. The van der Waals surface area contributed by atoms with Crippen LogP contribution in [0.4, 0.5) is 0 Å². The van der Waals surface area contributed by atoms with Gasteiger partial charge < -0.3 is 33.5 Å². The molecule has 1 heterocycles. The van der Waals surface area contributed by atoms with Gasteiger partial charge in [-0.05, 0) is 69.9 Å². The first-order valence-corrected chi connectivity index (χ1v) is 27.0. The Bertz CT molecular complexity index is 1620. The van der Waals surface area contributed by atoms with Gasteiger partial charge in [-0.1, -0.05) is 122 Å². The number of aryl methyl sites for hydroxylation is 2. The van der Waals surface area contributed by atoms with Gasteiger partial charge in [-0.2, -0.15) is 0 Å². The lowest BCUT2D eigenvalue weighted by atomic mass is 9.90. The maximum atomic E-state index is 12.8. The average Bonchev–Trinajstić information content (AvgIpc) is 3.68. The molecule has 6 atom stereocenters. The van der Waals surface area contributed by atoms with Crippen LogP contribution in [0.1, 0.15) is 184 Å². The molecule has 13 nitrogen and oxygen atoms in total. The Hall–Kier alpha value is -2.64. The summed E-state index contributed by atoms with van der Waals surface area (Å²) >= 11 is 0. The van der Waals surface area contributed by atoms with Crippen LogP contribution < -0.4 is 0 Å². The van der Waals surface area contributed by atoms with E-state index in [0.29, 0.717) is 43.1 Å². The number of furan rings is 1. The number of likely N-dealkylation sites (N-methyl/N-ethyl adjacent to an activating group) is 1. The summed E-state index contributed by atoms with van der Waals surface area (Å²) in [5.74, 6) is 0.625. The maximum Gasteiger partial charge on any atom is 0.472 e. The van der Waals surface area contributed by atoms with Crippen LogP contribution in [0.3, 0.4) is 0 Å². The van der Waals surface area contributed by atoms with Crippen molar-refractivity contribution in [2.45, 2.75) is 207 Å². The van der Waals surface area contributed by atoms with Crippen LogP contribution in [-0.2, 0) is 50.3 Å². The van der Waals surface area contributed by atoms with Gasteiger partial charge in [-0.25, -0.2) is 4.57 Å². The number of phosphoric ester groups is 1. The van der Waals surface area contributed by atoms with E-state index in [1.54, 1.807) is 12.2 Å². The van der Waals surface area contributed by atoms with Crippen molar-refractivity contribution in [3.63, 3.8) is 0 Å². The van der Waals surface area contributed by atoms with Crippen molar-refractivity contribution in [1.82, 2.24) is 0 Å². The molecule has 0 radical (unpaired) electrons. The van der Waals surface area contributed by atoms with Crippen molar-refractivity contribution in [3.05, 3.63) is 47.0 Å². The lowest BCUT2D eigenvalue weighted by Crippen LogP contribution is -2.37. The largest absolute Gasteiger partial charge is 0.472 e. The first-order valence-electron chi connectivity index (χ1n) is 25.5. The van der Waals surface area contributed by atoms with Gasteiger partial charge in [0.25, 0.3) is 0 Å². The number of quaternary nitrogens is 1. The number of Topliss-reactive ketones (excluding diaryl/α,β-unsaturated/α-hetero) is 1. The molecule has 0 aromatic carbocycles. The number of aliphatic hydroxyl groups is 2. The number of ether oxygens (including phenoxy) is 2. The quantitative estimate of drug-likeness (QED) is 0.0187. The Morgan fingerprint density at radius 3 is 1.98 bits per heavy atom. The first kappa shape index (κ1) is 59.5. The molecule has 1 fully saturated rings. The van der Waals surface area contributed by atoms with E-state index in [1.165, 1.54) is 67.6 Å². The summed E-state index contributed by atoms with van der Waals surface area (Å²) in [6, 6.07) is 0. The van der Waals surface area contributed by atoms with E-state index in [1.807, 2.05) is 33.3 Å². The highest BCUT2D eigenvalue weighted by Crippen LogP contribution is 2.43. The Morgan fingerprint density at radius 1 is 0.788 bits per heavy atom. The zero-order valence-electron chi connectivity index (χ0n) is 42.1. The van der Waals surface area contributed by atoms with E-state index in [0.717, 1.165) is 64.2 Å². The number of nitrogens with zero attached hydrogens (tertiary/aromatic N) is 1. The van der Waals surface area contributed by atoms with Crippen molar-refractivity contribution >= 4 is 25.5 Å². The molecule has 1 unspecified atom stereocenters. The summed E-state index contributed by atoms with van der Waals surface area (Å²) in [6.45, 7) is 8.35. The summed E-state index contributed by atoms with van der Waals surface area (Å²) in [4.78, 5) is 48.4. The highest BCUT2D eigenvalue weighted by Gasteiger charge is 2.39. The van der Waals surface area contributed by atoms with Crippen molar-refractivity contribution in [2.75, 3.05) is 47.5 Å². The maximum absolute atomic E-state index is 12.8. The van der Waals surface area contributed by atoms with Crippen LogP contribution in [0.5, 0.6) is 0 Å². The minimum absolute atomic E-state index is 0.000260. The minimum Gasteiger partial charge on any atom is -0.466 e. The summed E-state index contributed by atoms with van der Waals surface area (Å²) < 4.78 is 40.6. The molecule has 3 N–H and O–H groups in total. The van der Waals surface area contributed by atoms with Gasteiger partial charge in [-0.3, -0.25) is 23.4 Å². The summed E-state index contributed by atoms with van der Waals surface area (Å²) in [6.07, 6.45) is 26.9. The van der Waals surface area contributed by atoms with Gasteiger partial charge >= 0.3 is 19.8 Å². The van der Waals surface area contributed by atoms with E-state index in [9.17, 15) is 34.1 Å². The van der Waals surface area contributed by atoms with Crippen LogP contribution in [0.2, 0.25) is 0 Å². The van der Waals surface area contributed by atoms with Crippen LogP contribution in [-0.4, -0.2) is 103 Å². The molecule has 14 heteroatoms. The van der Waals surface area contributed by atoms with Gasteiger partial charge in [-0.15, -0.1) is 0 Å². The summed E-state index contributed by atoms with van der Waals surface area (Å²) in [5.41, 5.74) is 2.66. The van der Waals surface area contributed by atoms with Gasteiger partial charge in [0.1, 0.15) is 37.1 Å². The lowest BCUT2D eigenvalue weighted by Gasteiger charge is -2.24. The Morgan fingerprint density at radius 2 is 1.36 bits per heavy atom. The third-order valence-electron chi connectivity index (χ3n) is 12.6. The zero-order chi connectivity index (χ0) is 48.8. The number of esters is 2. The second-order valence-electron chi connectivity index (χ2n) is 19.6. The number of hydrogen-bond acceptors (Lipinski definition) is 11. The highest BCUT2D eigenvalue weighted by molar-refractivity contribution is 7.47. The Kier molecular flexibility index (Phi) is 30.5. The molecule has 1 aliphatic rings. The van der Waals surface area contributed by atoms with Crippen molar-refractivity contribution in [1.29, 1.82) is 0 Å². The number of aliphatic hydroxyl groups excluding tert-OH is 2. The Labute approximate surface area is 398 Å². The van der Waals surface area contributed by atoms with Crippen LogP contribution in [0.25, 0.3) is 0 Å². The smallest absolute Gasteiger partial charge is 0.466 e. The molecule has 0 amide bonds. The summed E-state index contributed by atoms with van der Waals surface area (Å²) in [5, 5.41) is 20.8. The van der Waals surface area contributed by atoms with Gasteiger partial charge in [0.05, 0.1) is 40.0 Å². The van der Waals surface area contributed by atoms with Crippen molar-refractivity contribution in [2.24, 2.45) is 11.8 Å². The third-order valence-corrected chi connectivity index (χ3v) is 13.5. The lowest BCUT2D eigenvalue weighted by molar-refractivity contribution is -0.870. The number of carbonyl (C=O) groups excluding carboxylic acids is 3. The molecule has 0 spiro atoms. The standard InChI is InChI=1S/C52H90NO12P/c1-8-10-22-28-43(54)34-35-46-45(47(55)38-48(46)56)29-24-20-21-26-32-51(57)61-39-44(40-63-66(59,60)62-37-36-53(5,6)7)64-52(58)33-27-19-17-15-13-12-14-16-18-25-31-50-42(4)41(3)49(65-50)30-23-11-9-2/h20,24,34-35,43-46,48,54,56H,8-19,21-23,25-33,36-40H2,1-7H3/p+1/b24-20-,35-34+/t43-,44+,45+,46+,48+/m0/s1. The number of carbonyl (C=O) groups is 3. The van der Waals surface area contributed by atoms with E-state index >= 15 is 0 Å². The molecule has 1 aromatic rings. The van der Waals surface area contributed by atoms with Crippen LogP contribution in [0.15, 0.2) is 28.7 Å². The van der Waals surface area contributed by atoms with Gasteiger partial charge in [0, 0.05) is 43.9 Å². The molecule has 0 bridgehead atoms. The fourth-order valence-electron chi connectivity index (χ4n) is 8.17. The fourth-order valence-corrected chi connectivity index (χ4v) is 8.92. The molecule has 1 aromatic heterocycles. The predicted molar refractivity (Wildman–Crippen MR) is 261 cm³/mol. The molecule has 66 heavy (non-hydrogen) atoms. The number of phosphoric acid groups is 1.